The van der Waals surface area contributed by atoms with Crippen molar-refractivity contribution in [3.63, 3.8) is 0 Å². The average molecular weight is 263 g/mol. The maximum Gasteiger partial charge on any atom is 0.145 e. The van der Waals surface area contributed by atoms with Crippen LogP contribution >= 0.6 is 11.6 Å². The molecule has 1 heterocycles. The summed E-state index contributed by atoms with van der Waals surface area (Å²) in [7, 11) is 3.55. The Morgan fingerprint density at radius 3 is 2.89 bits per heavy atom. The zero-order chi connectivity index (χ0) is 13.0. The van der Waals surface area contributed by atoms with E-state index in [1.54, 1.807) is 13.3 Å². The topological polar surface area (TPSA) is 34.2 Å². The fourth-order valence-electron chi connectivity index (χ4n) is 1.89. The monoisotopic (exact) mass is 262 g/mol. The van der Waals surface area contributed by atoms with Gasteiger partial charge in [0.15, 0.2) is 0 Å². The highest BCUT2D eigenvalue weighted by Crippen LogP contribution is 2.31. The highest BCUT2D eigenvalue weighted by atomic mass is 35.5. The summed E-state index contributed by atoms with van der Waals surface area (Å²) >= 11 is 6.03. The van der Waals surface area contributed by atoms with Crippen molar-refractivity contribution >= 4 is 11.6 Å². The van der Waals surface area contributed by atoms with Crippen LogP contribution in [0, 0.1) is 0 Å². The van der Waals surface area contributed by atoms with E-state index in [1.807, 2.05) is 37.4 Å². The SMILES string of the molecule is CNCc1cc(Cl)ccc1-c1ncccc1OC. The summed E-state index contributed by atoms with van der Waals surface area (Å²) in [5, 5.41) is 3.85. The fraction of sp³-hybridized carbons (Fsp3) is 0.214. The third-order valence-electron chi connectivity index (χ3n) is 2.68. The first-order valence-corrected chi connectivity index (χ1v) is 6.06. The summed E-state index contributed by atoms with van der Waals surface area (Å²) in [6, 6.07) is 9.54. The zero-order valence-corrected chi connectivity index (χ0v) is 11.2. The molecule has 1 N–H and O–H groups in total. The molecule has 1 aromatic carbocycles. The Bertz CT molecular complexity index is 543. The summed E-state index contributed by atoms with van der Waals surface area (Å²) in [5.41, 5.74) is 2.97. The van der Waals surface area contributed by atoms with Crippen LogP contribution in [0.15, 0.2) is 36.5 Å². The van der Waals surface area contributed by atoms with Gasteiger partial charge in [0.2, 0.25) is 0 Å². The maximum atomic E-state index is 6.03. The Morgan fingerprint density at radius 2 is 2.17 bits per heavy atom. The second-order valence-electron chi connectivity index (χ2n) is 3.89. The molecule has 3 nitrogen and oxygen atoms in total. The number of rotatable bonds is 4. The first-order valence-electron chi connectivity index (χ1n) is 5.68. The minimum atomic E-state index is 0.721. The van der Waals surface area contributed by atoms with E-state index < -0.39 is 0 Å². The summed E-state index contributed by atoms with van der Waals surface area (Å²) < 4.78 is 5.35. The Kier molecular flexibility index (Phi) is 4.18. The average Bonchev–Trinajstić information content (AvgIpc) is 2.39. The van der Waals surface area contributed by atoms with Crippen LogP contribution in [-0.4, -0.2) is 19.1 Å². The number of halogens is 1. The first kappa shape index (κ1) is 12.9. The van der Waals surface area contributed by atoms with Gasteiger partial charge in [0.05, 0.1) is 7.11 Å². The van der Waals surface area contributed by atoms with Gasteiger partial charge in [-0.15, -0.1) is 0 Å². The van der Waals surface area contributed by atoms with Gasteiger partial charge in [-0.25, -0.2) is 0 Å². The Hall–Kier alpha value is -1.58. The molecule has 0 spiro atoms. The number of nitrogens with zero attached hydrogens (tertiary/aromatic N) is 1. The first-order chi connectivity index (χ1) is 8.76. The lowest BCUT2D eigenvalue weighted by molar-refractivity contribution is 0.415. The minimum Gasteiger partial charge on any atom is -0.494 e. The molecule has 0 aliphatic heterocycles. The highest BCUT2D eigenvalue weighted by Gasteiger charge is 2.11. The molecule has 0 saturated carbocycles. The van der Waals surface area contributed by atoms with Gasteiger partial charge in [0.25, 0.3) is 0 Å². The third-order valence-corrected chi connectivity index (χ3v) is 2.92. The normalized spacial score (nSPS) is 10.4. The largest absolute Gasteiger partial charge is 0.494 e. The summed E-state index contributed by atoms with van der Waals surface area (Å²) in [6.07, 6.45) is 1.76. The van der Waals surface area contributed by atoms with Gasteiger partial charge in [-0.3, -0.25) is 4.98 Å². The molecule has 0 radical (unpaired) electrons. The molecular weight excluding hydrogens is 248 g/mol. The lowest BCUT2D eigenvalue weighted by Crippen LogP contribution is -2.07. The molecule has 0 aliphatic carbocycles. The van der Waals surface area contributed by atoms with Gasteiger partial charge in [0.1, 0.15) is 11.4 Å². The van der Waals surface area contributed by atoms with Crippen molar-refractivity contribution in [1.29, 1.82) is 0 Å². The summed E-state index contributed by atoms with van der Waals surface area (Å²) in [5.74, 6) is 0.761. The van der Waals surface area contributed by atoms with Crippen LogP contribution in [0.4, 0.5) is 0 Å². The number of methoxy groups -OCH3 is 1. The minimum absolute atomic E-state index is 0.721. The number of benzene rings is 1. The van der Waals surface area contributed by atoms with Crippen molar-refractivity contribution in [2.75, 3.05) is 14.2 Å². The predicted octanol–water partition coefficient (Wildman–Crippen LogP) is 3.13. The van der Waals surface area contributed by atoms with Gasteiger partial charge in [-0.05, 0) is 36.9 Å². The number of nitrogens with one attached hydrogen (secondary N) is 1. The summed E-state index contributed by atoms with van der Waals surface area (Å²) in [4.78, 5) is 4.40. The molecule has 0 unspecified atom stereocenters. The molecular formula is C14H15ClN2O. The van der Waals surface area contributed by atoms with E-state index in [2.05, 4.69) is 10.3 Å². The number of hydrogen-bond acceptors (Lipinski definition) is 3. The highest BCUT2D eigenvalue weighted by molar-refractivity contribution is 6.30. The van der Waals surface area contributed by atoms with E-state index in [0.29, 0.717) is 0 Å². The summed E-state index contributed by atoms with van der Waals surface area (Å²) in [6.45, 7) is 0.732. The number of pyridine rings is 1. The zero-order valence-electron chi connectivity index (χ0n) is 10.4. The Balaban J connectivity index is 2.55. The van der Waals surface area contributed by atoms with Gasteiger partial charge in [0, 0.05) is 23.3 Å². The van der Waals surface area contributed by atoms with Gasteiger partial charge >= 0.3 is 0 Å². The van der Waals surface area contributed by atoms with Crippen LogP contribution < -0.4 is 10.1 Å². The molecule has 0 fully saturated rings. The second kappa shape index (κ2) is 5.85. The van der Waals surface area contributed by atoms with Crippen LogP contribution in [-0.2, 0) is 6.54 Å². The molecule has 0 atom stereocenters. The molecule has 1 aromatic heterocycles. The van der Waals surface area contributed by atoms with E-state index in [1.165, 1.54) is 0 Å². The third kappa shape index (κ3) is 2.63. The Labute approximate surface area is 112 Å². The number of ether oxygens (including phenoxy) is 1. The van der Waals surface area contributed by atoms with Gasteiger partial charge in [-0.1, -0.05) is 17.7 Å². The molecule has 2 aromatic rings. The van der Waals surface area contributed by atoms with Gasteiger partial charge < -0.3 is 10.1 Å². The molecule has 18 heavy (non-hydrogen) atoms. The maximum absolute atomic E-state index is 6.03. The molecule has 0 aliphatic rings. The van der Waals surface area contributed by atoms with Crippen LogP contribution in [0.5, 0.6) is 5.75 Å². The molecule has 0 amide bonds. The molecule has 0 bridgehead atoms. The number of hydrogen-bond donors (Lipinski definition) is 1. The van der Waals surface area contributed by atoms with Crippen LogP contribution in [0.25, 0.3) is 11.3 Å². The molecule has 94 valence electrons. The van der Waals surface area contributed by atoms with Crippen molar-refractivity contribution < 1.29 is 4.74 Å². The standard InChI is InChI=1S/C14H15ClN2O/c1-16-9-10-8-11(15)5-6-12(10)14-13(18-2)4-3-7-17-14/h3-8,16H,9H2,1-2H3. The van der Waals surface area contributed by atoms with E-state index in [0.717, 1.165) is 34.1 Å². The predicted molar refractivity (Wildman–Crippen MR) is 74.0 cm³/mol. The van der Waals surface area contributed by atoms with Crippen molar-refractivity contribution in [3.8, 4) is 17.0 Å². The second-order valence-corrected chi connectivity index (χ2v) is 4.32. The van der Waals surface area contributed by atoms with E-state index in [9.17, 15) is 0 Å². The van der Waals surface area contributed by atoms with E-state index in [4.69, 9.17) is 16.3 Å². The van der Waals surface area contributed by atoms with Crippen molar-refractivity contribution in [2.24, 2.45) is 0 Å². The van der Waals surface area contributed by atoms with E-state index in [-0.39, 0.29) is 0 Å². The molecule has 4 heteroatoms. The quantitative estimate of drug-likeness (QED) is 0.919. The van der Waals surface area contributed by atoms with Gasteiger partial charge in [-0.2, -0.15) is 0 Å². The fourth-order valence-corrected chi connectivity index (χ4v) is 2.08. The van der Waals surface area contributed by atoms with E-state index >= 15 is 0 Å². The smallest absolute Gasteiger partial charge is 0.145 e. The molecule has 2 rings (SSSR count). The lowest BCUT2D eigenvalue weighted by atomic mass is 10.0. The number of aromatic nitrogens is 1. The van der Waals surface area contributed by atoms with Crippen LogP contribution in [0.1, 0.15) is 5.56 Å². The van der Waals surface area contributed by atoms with Crippen molar-refractivity contribution in [1.82, 2.24) is 10.3 Å². The van der Waals surface area contributed by atoms with Crippen LogP contribution in [0.2, 0.25) is 5.02 Å². The lowest BCUT2D eigenvalue weighted by Gasteiger charge is -2.12. The Morgan fingerprint density at radius 1 is 1.33 bits per heavy atom. The molecule has 0 saturated heterocycles. The van der Waals surface area contributed by atoms with Crippen molar-refractivity contribution in [2.45, 2.75) is 6.54 Å². The van der Waals surface area contributed by atoms with Crippen molar-refractivity contribution in [3.05, 3.63) is 47.1 Å². The van der Waals surface area contributed by atoms with Crippen LogP contribution in [0.3, 0.4) is 0 Å².